The van der Waals surface area contributed by atoms with Gasteiger partial charge in [-0.2, -0.15) is 0 Å². The van der Waals surface area contributed by atoms with Crippen molar-refractivity contribution in [2.24, 2.45) is 11.8 Å². The molecule has 0 aromatic heterocycles. The number of hydrogen-bond donors (Lipinski definition) is 0. The third-order valence-corrected chi connectivity index (χ3v) is 3.11. The van der Waals surface area contributed by atoms with Gasteiger partial charge in [0.15, 0.2) is 5.78 Å². The molecule has 0 spiro atoms. The summed E-state index contributed by atoms with van der Waals surface area (Å²) < 4.78 is 0. The lowest BCUT2D eigenvalue weighted by molar-refractivity contribution is -0.128. The second-order valence-corrected chi connectivity index (χ2v) is 5.46. The van der Waals surface area contributed by atoms with Crippen molar-refractivity contribution >= 4 is 5.78 Å². The lowest BCUT2D eigenvalue weighted by atomic mass is 9.92. The second-order valence-electron chi connectivity index (χ2n) is 5.46. The van der Waals surface area contributed by atoms with E-state index in [1.165, 1.54) is 12.8 Å². The average Bonchev–Trinajstić information content (AvgIpc) is 2.16. The number of nitrogens with zero attached hydrogens (tertiary/aromatic N) is 1. The number of hydrogen-bond acceptors (Lipinski definition) is 2. The van der Waals surface area contributed by atoms with Gasteiger partial charge in [0.05, 0.1) is 6.04 Å². The van der Waals surface area contributed by atoms with Crippen LogP contribution in [-0.4, -0.2) is 29.8 Å². The van der Waals surface area contributed by atoms with Crippen LogP contribution in [0.25, 0.3) is 0 Å². The third-order valence-electron chi connectivity index (χ3n) is 3.11. The van der Waals surface area contributed by atoms with Crippen molar-refractivity contribution in [3.63, 3.8) is 0 Å². The lowest BCUT2D eigenvalue weighted by Crippen LogP contribution is -2.47. The lowest BCUT2D eigenvalue weighted by Gasteiger charge is -2.36. The summed E-state index contributed by atoms with van der Waals surface area (Å²) in [5, 5.41) is 0. The summed E-state index contributed by atoms with van der Waals surface area (Å²) in [6.07, 6.45) is 3.55. The van der Waals surface area contributed by atoms with Crippen molar-refractivity contribution < 1.29 is 4.79 Å². The quantitative estimate of drug-likeness (QED) is 0.712. The number of ketones is 1. The summed E-state index contributed by atoms with van der Waals surface area (Å²) in [6.45, 7) is 10.7. The molecule has 0 aromatic rings. The van der Waals surface area contributed by atoms with Gasteiger partial charge in [-0.3, -0.25) is 9.69 Å². The molecule has 88 valence electrons. The Morgan fingerprint density at radius 1 is 1.27 bits per heavy atom. The fourth-order valence-electron chi connectivity index (χ4n) is 2.39. The Labute approximate surface area is 94.0 Å². The molecule has 15 heavy (non-hydrogen) atoms. The standard InChI is InChI=1S/C13H25NO/c1-10(2)9-14-8-6-5-7-12(14)13(15)11(3)4/h10-12H,5-9H2,1-4H3/t12-/m0/s1. The zero-order chi connectivity index (χ0) is 11.4. The number of rotatable bonds is 4. The van der Waals surface area contributed by atoms with Crippen molar-refractivity contribution in [3.8, 4) is 0 Å². The highest BCUT2D eigenvalue weighted by molar-refractivity contribution is 5.85. The van der Waals surface area contributed by atoms with Crippen molar-refractivity contribution in [2.45, 2.75) is 53.0 Å². The Morgan fingerprint density at radius 2 is 1.93 bits per heavy atom. The van der Waals surface area contributed by atoms with Crippen LogP contribution in [0.3, 0.4) is 0 Å². The fraction of sp³-hybridized carbons (Fsp3) is 0.923. The van der Waals surface area contributed by atoms with Crippen molar-refractivity contribution in [1.29, 1.82) is 0 Å². The van der Waals surface area contributed by atoms with E-state index in [1.54, 1.807) is 0 Å². The summed E-state index contributed by atoms with van der Waals surface area (Å²) in [6, 6.07) is 0.209. The normalized spacial score (nSPS) is 23.7. The van der Waals surface area contributed by atoms with Gasteiger partial charge < -0.3 is 0 Å². The predicted octanol–water partition coefficient (Wildman–Crippen LogP) is 2.72. The van der Waals surface area contributed by atoms with E-state index in [2.05, 4.69) is 18.7 Å². The molecule has 1 atom stereocenters. The van der Waals surface area contributed by atoms with Gasteiger partial charge in [-0.25, -0.2) is 0 Å². The largest absolute Gasteiger partial charge is 0.298 e. The van der Waals surface area contributed by atoms with Crippen LogP contribution in [0.5, 0.6) is 0 Å². The van der Waals surface area contributed by atoms with Gasteiger partial charge in [0.25, 0.3) is 0 Å². The SMILES string of the molecule is CC(C)CN1CCCC[C@H]1C(=O)C(C)C. The molecule has 1 aliphatic heterocycles. The highest BCUT2D eigenvalue weighted by Gasteiger charge is 2.29. The maximum atomic E-state index is 12.0. The van der Waals surface area contributed by atoms with Crippen LogP contribution in [0.15, 0.2) is 0 Å². The monoisotopic (exact) mass is 211 g/mol. The highest BCUT2D eigenvalue weighted by atomic mass is 16.1. The van der Waals surface area contributed by atoms with E-state index in [4.69, 9.17) is 0 Å². The first-order chi connectivity index (χ1) is 7.02. The minimum atomic E-state index is 0.183. The van der Waals surface area contributed by atoms with Crippen molar-refractivity contribution in [3.05, 3.63) is 0 Å². The van der Waals surface area contributed by atoms with Crippen LogP contribution in [0.1, 0.15) is 47.0 Å². The van der Waals surface area contributed by atoms with E-state index in [9.17, 15) is 4.79 Å². The number of piperidine rings is 1. The molecule has 2 nitrogen and oxygen atoms in total. The Morgan fingerprint density at radius 3 is 2.47 bits per heavy atom. The fourth-order valence-corrected chi connectivity index (χ4v) is 2.39. The molecule has 0 aromatic carbocycles. The molecule has 1 aliphatic rings. The molecule has 0 radical (unpaired) electrons. The van der Waals surface area contributed by atoms with Crippen LogP contribution >= 0.6 is 0 Å². The van der Waals surface area contributed by atoms with Crippen LogP contribution < -0.4 is 0 Å². The minimum absolute atomic E-state index is 0.183. The number of carbonyl (C=O) groups is 1. The van der Waals surface area contributed by atoms with E-state index < -0.39 is 0 Å². The zero-order valence-corrected chi connectivity index (χ0v) is 10.6. The third kappa shape index (κ3) is 3.60. The van der Waals surface area contributed by atoms with E-state index in [0.717, 1.165) is 19.5 Å². The topological polar surface area (TPSA) is 20.3 Å². The van der Waals surface area contributed by atoms with E-state index in [0.29, 0.717) is 11.7 Å². The van der Waals surface area contributed by atoms with Gasteiger partial charge in [0.1, 0.15) is 0 Å². The summed E-state index contributed by atoms with van der Waals surface area (Å²) in [7, 11) is 0. The van der Waals surface area contributed by atoms with Crippen LogP contribution in [0.4, 0.5) is 0 Å². The Bertz CT molecular complexity index is 211. The predicted molar refractivity (Wildman–Crippen MR) is 63.9 cm³/mol. The summed E-state index contributed by atoms with van der Waals surface area (Å²) >= 11 is 0. The first-order valence-electron chi connectivity index (χ1n) is 6.30. The Kier molecular flexibility index (Phi) is 4.78. The molecule has 0 unspecified atom stereocenters. The van der Waals surface area contributed by atoms with Gasteiger partial charge in [0.2, 0.25) is 0 Å². The first kappa shape index (κ1) is 12.7. The minimum Gasteiger partial charge on any atom is -0.298 e. The van der Waals surface area contributed by atoms with Crippen molar-refractivity contribution in [1.82, 2.24) is 4.90 Å². The Hall–Kier alpha value is -0.370. The van der Waals surface area contributed by atoms with Gasteiger partial charge in [-0.15, -0.1) is 0 Å². The van der Waals surface area contributed by atoms with Crippen LogP contribution in [0.2, 0.25) is 0 Å². The second kappa shape index (κ2) is 5.64. The summed E-state index contributed by atoms with van der Waals surface area (Å²) in [5.41, 5.74) is 0. The molecule has 0 aliphatic carbocycles. The van der Waals surface area contributed by atoms with E-state index in [-0.39, 0.29) is 12.0 Å². The van der Waals surface area contributed by atoms with Gasteiger partial charge in [-0.1, -0.05) is 34.1 Å². The molecule has 1 fully saturated rings. The number of Topliss-reactive ketones (excluding diaryl/α,β-unsaturated/α-hetero) is 1. The molecule has 2 heteroatoms. The maximum absolute atomic E-state index is 12.0. The summed E-state index contributed by atoms with van der Waals surface area (Å²) in [5.74, 6) is 1.28. The molecule has 0 N–H and O–H groups in total. The number of carbonyl (C=O) groups excluding carboxylic acids is 1. The molecule has 1 rings (SSSR count). The zero-order valence-electron chi connectivity index (χ0n) is 10.6. The van der Waals surface area contributed by atoms with Crippen molar-refractivity contribution in [2.75, 3.05) is 13.1 Å². The molecular weight excluding hydrogens is 186 g/mol. The van der Waals surface area contributed by atoms with Gasteiger partial charge in [0, 0.05) is 12.5 Å². The molecule has 0 saturated carbocycles. The molecular formula is C13H25NO. The average molecular weight is 211 g/mol. The molecule has 0 amide bonds. The van der Waals surface area contributed by atoms with E-state index in [1.807, 2.05) is 13.8 Å². The van der Waals surface area contributed by atoms with Gasteiger partial charge in [-0.05, 0) is 25.3 Å². The number of likely N-dealkylation sites (tertiary alicyclic amines) is 1. The van der Waals surface area contributed by atoms with E-state index >= 15 is 0 Å². The van der Waals surface area contributed by atoms with Crippen LogP contribution in [0, 0.1) is 11.8 Å². The highest BCUT2D eigenvalue weighted by Crippen LogP contribution is 2.21. The van der Waals surface area contributed by atoms with Gasteiger partial charge >= 0.3 is 0 Å². The maximum Gasteiger partial charge on any atom is 0.152 e. The molecule has 1 heterocycles. The first-order valence-corrected chi connectivity index (χ1v) is 6.30. The smallest absolute Gasteiger partial charge is 0.152 e. The molecule has 0 bridgehead atoms. The Balaban J connectivity index is 2.61. The van der Waals surface area contributed by atoms with Crippen LogP contribution in [-0.2, 0) is 4.79 Å². The summed E-state index contributed by atoms with van der Waals surface area (Å²) in [4.78, 5) is 14.4. The molecule has 1 saturated heterocycles.